The van der Waals surface area contributed by atoms with Crippen LogP contribution in [0.2, 0.25) is 0 Å². The largest absolute Gasteiger partial charge is 0.508 e. The van der Waals surface area contributed by atoms with Gasteiger partial charge < -0.3 is 115 Å². The molecule has 2 fully saturated rings. The van der Waals surface area contributed by atoms with Crippen molar-refractivity contribution in [2.24, 2.45) is 4.99 Å². The lowest BCUT2D eigenvalue weighted by Gasteiger charge is -2.41. The maximum absolute atomic E-state index is 12.8. The Bertz CT molecular complexity index is 3210. The Balaban J connectivity index is 0.000000214. The minimum atomic E-state index is -2.19. The molecular weight excluding hydrogens is 1070 g/mol. The molecule has 80 heavy (non-hydrogen) atoms. The van der Waals surface area contributed by atoms with E-state index in [4.69, 9.17) is 23.7 Å². The smallest absolute Gasteiger partial charge is 0.340 e. The van der Waals surface area contributed by atoms with Crippen molar-refractivity contribution in [3.63, 3.8) is 0 Å². The van der Waals surface area contributed by atoms with Gasteiger partial charge in [-0.3, -0.25) is 9.69 Å². The highest BCUT2D eigenvalue weighted by Gasteiger charge is 2.50. The number of aromatic hydroxyl groups is 13. The van der Waals surface area contributed by atoms with Crippen molar-refractivity contribution < 1.29 is 129 Å². The molecule has 0 aliphatic carbocycles. The maximum atomic E-state index is 12.8. The minimum Gasteiger partial charge on any atom is -0.508 e. The number of esters is 3. The molecule has 5 aromatic carbocycles. The van der Waals surface area contributed by atoms with Gasteiger partial charge in [-0.05, 0) is 54.1 Å². The third-order valence-corrected chi connectivity index (χ3v) is 12.6. The second-order valence-corrected chi connectivity index (χ2v) is 18.1. The number of benzene rings is 5. The van der Waals surface area contributed by atoms with Gasteiger partial charge in [0, 0.05) is 45.3 Å². The van der Waals surface area contributed by atoms with Crippen molar-refractivity contribution in [1.29, 1.82) is 0 Å². The molecule has 16 N–H and O–H groups in total. The van der Waals surface area contributed by atoms with Crippen LogP contribution in [0.5, 0.6) is 80.5 Å². The van der Waals surface area contributed by atoms with Gasteiger partial charge in [-0.1, -0.05) is 6.07 Å². The van der Waals surface area contributed by atoms with Crippen molar-refractivity contribution >= 4 is 36.2 Å². The number of carbonyl (C=O) groups is 5. The van der Waals surface area contributed by atoms with Crippen molar-refractivity contribution in [2.75, 3.05) is 27.7 Å². The average Bonchev–Trinajstić information content (AvgIpc) is 3.80. The van der Waals surface area contributed by atoms with E-state index in [1.54, 1.807) is 25.3 Å². The number of imide groups is 1. The topological polar surface area (TPSA) is 477 Å². The zero-order valence-corrected chi connectivity index (χ0v) is 41.6. The predicted molar refractivity (Wildman–Crippen MR) is 262 cm³/mol. The van der Waals surface area contributed by atoms with Gasteiger partial charge in [-0.2, -0.15) is 0 Å². The predicted octanol–water partition coefficient (Wildman–Crippen LogP) is 0.448. The van der Waals surface area contributed by atoms with Gasteiger partial charge in [-0.15, -0.1) is 0 Å². The van der Waals surface area contributed by atoms with Crippen molar-refractivity contribution in [2.45, 2.75) is 61.5 Å². The Kier molecular flexibility index (Phi) is 16.5. The molecule has 0 radical (unpaired) electrons. The molecule has 5 aromatic rings. The summed E-state index contributed by atoms with van der Waals surface area (Å²) in [5.41, 5.74) is -0.723. The quantitative estimate of drug-likeness (QED) is 0.0570. The maximum Gasteiger partial charge on any atom is 0.340 e. The Morgan fingerprint density at radius 3 is 1.65 bits per heavy atom. The molecule has 3 amide bonds. The van der Waals surface area contributed by atoms with Crippen LogP contribution in [0.15, 0.2) is 71.7 Å². The number of phenolic OH excluding ortho intramolecular Hbond substituents is 13. The molecule has 4 aliphatic heterocycles. The number of fused-ring (bicyclic) bond motifs is 2. The summed E-state index contributed by atoms with van der Waals surface area (Å²) in [6, 6.07) is 10.2. The Hall–Kier alpha value is -10.0. The van der Waals surface area contributed by atoms with Gasteiger partial charge in [0.2, 0.25) is 6.29 Å². The third kappa shape index (κ3) is 11.8. The van der Waals surface area contributed by atoms with Gasteiger partial charge in [0.15, 0.2) is 87.7 Å². The van der Waals surface area contributed by atoms with Crippen LogP contribution in [0.1, 0.15) is 48.3 Å². The van der Waals surface area contributed by atoms with E-state index >= 15 is 0 Å². The first-order valence-electron chi connectivity index (χ1n) is 23.1. The summed E-state index contributed by atoms with van der Waals surface area (Å²) in [5.74, 6) is -13.1. The fraction of sp³-hybridized carbons (Fsp3) is 0.280. The molecule has 0 aromatic heterocycles. The third-order valence-electron chi connectivity index (χ3n) is 12.6. The summed E-state index contributed by atoms with van der Waals surface area (Å²) in [6.45, 7) is -0.918. The molecule has 9 rings (SSSR count). The number of hydrogen-bond donors (Lipinski definition) is 16. The second kappa shape index (κ2) is 22.9. The van der Waals surface area contributed by atoms with Gasteiger partial charge in [0.05, 0.1) is 29.1 Å². The van der Waals surface area contributed by atoms with Crippen molar-refractivity contribution in [1.82, 2.24) is 14.7 Å². The summed E-state index contributed by atoms with van der Waals surface area (Å²) in [5, 5.41) is 157. The molecule has 0 spiro atoms. The molecule has 0 saturated carbocycles. The van der Waals surface area contributed by atoms with Crippen LogP contribution in [0, 0.1) is 0 Å². The number of hydrogen-bond acceptors (Lipinski definition) is 28. The molecule has 4 heterocycles. The molecule has 30 nitrogen and oxygen atoms in total. The van der Waals surface area contributed by atoms with Gasteiger partial charge in [0.25, 0.3) is 5.91 Å². The van der Waals surface area contributed by atoms with E-state index in [1.807, 2.05) is 0 Å². The first-order chi connectivity index (χ1) is 37.6. The monoisotopic (exact) mass is 1120 g/mol. The first kappa shape index (κ1) is 57.7. The molecule has 30 heteroatoms. The molecule has 426 valence electrons. The minimum absolute atomic E-state index is 0.143. The number of rotatable bonds is 8. The zero-order valence-electron chi connectivity index (χ0n) is 41.6. The lowest BCUT2D eigenvalue weighted by Crippen LogP contribution is -2.63. The number of aliphatic imine (C=N–C) groups is 1. The van der Waals surface area contributed by atoms with Crippen LogP contribution in [-0.2, 0) is 30.2 Å². The Labute approximate surface area is 448 Å². The Morgan fingerprint density at radius 1 is 0.613 bits per heavy atom. The van der Waals surface area contributed by atoms with Gasteiger partial charge >= 0.3 is 23.9 Å². The SMILES string of the molecule is CN1C(=O)C2C(N=CN2C)N(C)C1=O.O=C(OCC1OC(OC(=O)c2cc(O)c(O)c(O)c2)C(O)C(OC(=O)c2cc(O)c(O)c(O)c2)C1O)c1cc(O)c(O)c(O)c1.Oc1cc(O)c2c(c1)OC(c1ccc(O)c(O)c1)C(O)C2. The number of nitrogens with zero attached hydrogens (tertiary/aromatic N) is 4. The highest BCUT2D eigenvalue weighted by molar-refractivity contribution is 6.01. The number of urea groups is 1. The number of likely N-dealkylation sites (N-methyl/N-ethyl adjacent to an activating group) is 3. The fourth-order valence-corrected chi connectivity index (χ4v) is 8.31. The average molecular weight is 1120 g/mol. The number of phenols is 13. The van der Waals surface area contributed by atoms with Crippen molar-refractivity contribution in [3.8, 4) is 80.5 Å². The summed E-state index contributed by atoms with van der Waals surface area (Å²) in [6.07, 6.45) is -10.5. The molecule has 9 unspecified atom stereocenters. The van der Waals surface area contributed by atoms with E-state index < -0.39 is 136 Å². The van der Waals surface area contributed by atoms with Crippen LogP contribution in [0.3, 0.4) is 0 Å². The van der Waals surface area contributed by atoms with E-state index in [-0.39, 0.29) is 59.3 Å². The standard InChI is InChI=1S/C27H24O18.C15H14O6.C8H12N4O2/c28-11-1-8(2-12(29)18(11)34)24(39)42-7-17-21(37)23(44-25(40)9-3-13(30)19(35)14(31)4-9)22(38)27(43-17)45-26(41)10-5-15(32)20(36)16(33)6-10;16-8-4-11(18)9-6-13(20)15(21-14(9)5-8)7-1-2-10(17)12(19)3-7;1-10-4-9-6-5(10)7(13)12(3)8(14)11(6)2/h1-6,17,21-23,27-38H,7H2;1-5,13,15-20H,6H2;4-6H,1-3H3. The van der Waals surface area contributed by atoms with Crippen LogP contribution in [-0.4, -0.2) is 209 Å². The number of amides is 3. The van der Waals surface area contributed by atoms with E-state index in [1.165, 1.54) is 42.3 Å². The van der Waals surface area contributed by atoms with E-state index in [9.17, 15) is 106 Å². The van der Waals surface area contributed by atoms with Gasteiger partial charge in [-0.25, -0.2) is 24.2 Å². The zero-order chi connectivity index (χ0) is 58.9. The van der Waals surface area contributed by atoms with E-state index in [2.05, 4.69) is 4.99 Å². The first-order valence-corrected chi connectivity index (χ1v) is 23.1. The summed E-state index contributed by atoms with van der Waals surface area (Å²) in [4.78, 5) is 69.8. The normalized spacial score (nSPS) is 22.8. The van der Waals surface area contributed by atoms with E-state index in [0.717, 1.165) is 17.0 Å². The lowest BCUT2D eigenvalue weighted by molar-refractivity contribution is -0.284. The lowest BCUT2D eigenvalue weighted by atomic mass is 9.94. The number of aliphatic hydroxyl groups is 3. The Morgan fingerprint density at radius 2 is 1.12 bits per heavy atom. The summed E-state index contributed by atoms with van der Waals surface area (Å²) >= 11 is 0. The molecule has 4 aliphatic rings. The fourth-order valence-electron chi connectivity index (χ4n) is 8.31. The van der Waals surface area contributed by atoms with Gasteiger partial charge in [0.1, 0.15) is 42.2 Å². The highest BCUT2D eigenvalue weighted by Crippen LogP contribution is 2.44. The number of aliphatic hydroxyl groups excluding tert-OH is 3. The van der Waals surface area contributed by atoms with E-state index in [0.29, 0.717) is 35.4 Å². The second-order valence-electron chi connectivity index (χ2n) is 18.1. The number of carbonyl (C=O) groups excluding carboxylic acids is 5. The molecule has 0 bridgehead atoms. The molecule has 2 saturated heterocycles. The summed E-state index contributed by atoms with van der Waals surface area (Å²) in [7, 11) is 4.92. The molecule has 9 atom stereocenters. The van der Waals surface area contributed by atoms with Crippen LogP contribution in [0.4, 0.5) is 4.79 Å². The highest BCUT2D eigenvalue weighted by atomic mass is 16.7. The van der Waals surface area contributed by atoms with Crippen LogP contribution in [0.25, 0.3) is 0 Å². The molecular formula is C50H50N4O26. The van der Waals surface area contributed by atoms with Crippen LogP contribution < -0.4 is 4.74 Å². The number of ether oxygens (including phenoxy) is 5. The summed E-state index contributed by atoms with van der Waals surface area (Å²) < 4.78 is 26.2. The van der Waals surface area contributed by atoms with Crippen molar-refractivity contribution in [3.05, 3.63) is 94.5 Å². The van der Waals surface area contributed by atoms with Crippen LogP contribution >= 0.6 is 0 Å².